The van der Waals surface area contributed by atoms with Gasteiger partial charge in [-0.2, -0.15) is 0 Å². The van der Waals surface area contributed by atoms with Crippen molar-refractivity contribution in [1.82, 2.24) is 5.32 Å². The van der Waals surface area contributed by atoms with Crippen LogP contribution in [0.25, 0.3) is 10.8 Å². The largest absolute Gasteiger partial charge is 0.492 e. The van der Waals surface area contributed by atoms with E-state index in [0.29, 0.717) is 6.61 Å². The molecule has 0 saturated heterocycles. The van der Waals surface area contributed by atoms with Crippen LogP contribution in [0.5, 0.6) is 0 Å². The van der Waals surface area contributed by atoms with Crippen molar-refractivity contribution in [2.24, 2.45) is 0 Å². The van der Waals surface area contributed by atoms with E-state index in [-0.39, 0.29) is 6.04 Å². The van der Waals surface area contributed by atoms with Gasteiger partial charge < -0.3 is 9.84 Å². The number of hydrogen-bond donors (Lipinski definition) is 2. The molecule has 126 valence electrons. The minimum Gasteiger partial charge on any atom is -0.492 e. The van der Waals surface area contributed by atoms with Gasteiger partial charge in [-0.15, -0.1) is 0 Å². The zero-order chi connectivity index (χ0) is 17.1. The topological polar surface area (TPSA) is 41.5 Å². The number of nitrogens with one attached hydrogen (secondary N) is 1. The number of benzene rings is 3. The van der Waals surface area contributed by atoms with E-state index in [2.05, 4.69) is 47.8 Å². The first-order valence-corrected chi connectivity index (χ1v) is 8.59. The summed E-state index contributed by atoms with van der Waals surface area (Å²) >= 11 is 0. The lowest BCUT2D eigenvalue weighted by Crippen LogP contribution is -2.33. The van der Waals surface area contributed by atoms with E-state index in [1.54, 1.807) is 6.08 Å². The van der Waals surface area contributed by atoms with Crippen molar-refractivity contribution in [1.29, 1.82) is 0 Å². The zero-order valence-electron chi connectivity index (χ0n) is 13.9. The van der Waals surface area contributed by atoms with E-state index in [4.69, 9.17) is 4.74 Å². The molecule has 1 unspecified atom stereocenters. The quantitative estimate of drug-likeness (QED) is 0.748. The van der Waals surface area contributed by atoms with Crippen LogP contribution in [0.2, 0.25) is 0 Å². The molecule has 0 bridgehead atoms. The summed E-state index contributed by atoms with van der Waals surface area (Å²) in [6, 6.07) is 24.8. The first-order valence-electron chi connectivity index (χ1n) is 8.59. The average Bonchev–Trinajstić information content (AvgIpc) is 3.00. The Hall–Kier alpha value is -2.62. The lowest BCUT2D eigenvalue weighted by atomic mass is 10.0. The SMILES string of the molecule is OC1C=C(OCc2cccc3ccccc23)[C@H](Cc2ccccc2)N1. The highest BCUT2D eigenvalue weighted by Gasteiger charge is 2.26. The van der Waals surface area contributed by atoms with Crippen LogP contribution in [0.4, 0.5) is 0 Å². The predicted molar refractivity (Wildman–Crippen MR) is 99.9 cm³/mol. The van der Waals surface area contributed by atoms with E-state index in [1.165, 1.54) is 16.3 Å². The maximum absolute atomic E-state index is 9.95. The maximum Gasteiger partial charge on any atom is 0.128 e. The Morgan fingerprint density at radius 1 is 0.880 bits per heavy atom. The second-order valence-corrected chi connectivity index (χ2v) is 6.35. The molecule has 0 aromatic heterocycles. The fourth-order valence-electron chi connectivity index (χ4n) is 3.35. The van der Waals surface area contributed by atoms with E-state index >= 15 is 0 Å². The van der Waals surface area contributed by atoms with Crippen molar-refractivity contribution in [2.45, 2.75) is 25.3 Å². The molecule has 0 amide bonds. The summed E-state index contributed by atoms with van der Waals surface area (Å²) in [5.41, 5.74) is 2.37. The molecule has 0 aliphatic carbocycles. The van der Waals surface area contributed by atoms with Gasteiger partial charge in [-0.05, 0) is 34.4 Å². The van der Waals surface area contributed by atoms with Crippen LogP contribution in [0.3, 0.4) is 0 Å². The molecule has 0 spiro atoms. The minimum absolute atomic E-state index is 0.00706. The molecule has 0 radical (unpaired) electrons. The lowest BCUT2D eigenvalue weighted by Gasteiger charge is -2.18. The predicted octanol–water partition coefficient (Wildman–Crippen LogP) is 3.77. The number of fused-ring (bicyclic) bond motifs is 1. The van der Waals surface area contributed by atoms with Crippen molar-refractivity contribution in [3.05, 3.63) is 95.8 Å². The Bertz CT molecular complexity index is 883. The van der Waals surface area contributed by atoms with Gasteiger partial charge in [-0.1, -0.05) is 72.8 Å². The van der Waals surface area contributed by atoms with Crippen LogP contribution < -0.4 is 5.32 Å². The van der Waals surface area contributed by atoms with Crippen molar-refractivity contribution < 1.29 is 9.84 Å². The summed E-state index contributed by atoms with van der Waals surface area (Å²) < 4.78 is 6.09. The highest BCUT2D eigenvalue weighted by atomic mass is 16.5. The molecule has 3 aromatic carbocycles. The minimum atomic E-state index is -0.656. The van der Waals surface area contributed by atoms with Gasteiger partial charge in [0.25, 0.3) is 0 Å². The fraction of sp³-hybridized carbons (Fsp3) is 0.182. The summed E-state index contributed by atoms with van der Waals surface area (Å²) in [7, 11) is 0. The lowest BCUT2D eigenvalue weighted by molar-refractivity contribution is 0.167. The molecular weight excluding hydrogens is 310 g/mol. The number of ether oxygens (including phenoxy) is 1. The second kappa shape index (κ2) is 7.09. The van der Waals surface area contributed by atoms with Crippen LogP contribution >= 0.6 is 0 Å². The van der Waals surface area contributed by atoms with Crippen molar-refractivity contribution in [2.75, 3.05) is 0 Å². The van der Waals surface area contributed by atoms with E-state index in [1.807, 2.05) is 30.3 Å². The smallest absolute Gasteiger partial charge is 0.128 e. The van der Waals surface area contributed by atoms with Crippen LogP contribution in [0, 0.1) is 0 Å². The monoisotopic (exact) mass is 331 g/mol. The molecular formula is C22H21NO2. The summed E-state index contributed by atoms with van der Waals surface area (Å²) in [6.07, 6.45) is 1.90. The number of rotatable bonds is 5. The van der Waals surface area contributed by atoms with Gasteiger partial charge in [0, 0.05) is 0 Å². The molecule has 0 saturated carbocycles. The molecule has 2 atom stereocenters. The molecule has 1 aliphatic heterocycles. The number of aliphatic hydroxyl groups excluding tert-OH is 1. The molecule has 3 nitrogen and oxygen atoms in total. The Balaban J connectivity index is 1.49. The van der Waals surface area contributed by atoms with E-state index < -0.39 is 6.23 Å². The van der Waals surface area contributed by atoms with Crippen LogP contribution in [-0.2, 0) is 17.8 Å². The Morgan fingerprint density at radius 2 is 1.64 bits per heavy atom. The summed E-state index contributed by atoms with van der Waals surface area (Å²) in [4.78, 5) is 0. The van der Waals surface area contributed by atoms with E-state index in [0.717, 1.165) is 17.7 Å². The summed E-state index contributed by atoms with van der Waals surface area (Å²) in [5, 5.41) is 15.5. The van der Waals surface area contributed by atoms with Crippen molar-refractivity contribution in [3.63, 3.8) is 0 Å². The molecule has 1 aliphatic rings. The van der Waals surface area contributed by atoms with Gasteiger partial charge in [0.05, 0.1) is 6.04 Å². The van der Waals surface area contributed by atoms with Gasteiger partial charge in [-0.3, -0.25) is 5.32 Å². The summed E-state index contributed by atoms with van der Waals surface area (Å²) in [5.74, 6) is 0.810. The molecule has 3 aromatic rings. The Labute approximate surface area is 147 Å². The third-order valence-corrected chi connectivity index (χ3v) is 4.59. The van der Waals surface area contributed by atoms with E-state index in [9.17, 15) is 5.11 Å². The van der Waals surface area contributed by atoms with Crippen LogP contribution in [-0.4, -0.2) is 17.4 Å². The van der Waals surface area contributed by atoms with Gasteiger partial charge in [0.15, 0.2) is 0 Å². The van der Waals surface area contributed by atoms with Crippen LogP contribution in [0.15, 0.2) is 84.6 Å². The fourth-order valence-corrected chi connectivity index (χ4v) is 3.35. The standard InChI is InChI=1S/C22H21NO2/c24-22-14-21(20(23-22)13-16-7-2-1-3-8-16)25-15-18-11-6-10-17-9-4-5-12-19(17)18/h1-12,14,20,22-24H,13,15H2/t20-,22?/m0/s1. The van der Waals surface area contributed by atoms with Gasteiger partial charge in [0.1, 0.15) is 18.6 Å². The average molecular weight is 331 g/mol. The first-order chi connectivity index (χ1) is 12.3. The number of hydrogen-bond acceptors (Lipinski definition) is 3. The first kappa shape index (κ1) is 15.9. The third kappa shape index (κ3) is 3.58. The van der Waals surface area contributed by atoms with Gasteiger partial charge in [0.2, 0.25) is 0 Å². The highest BCUT2D eigenvalue weighted by molar-refractivity contribution is 5.85. The Kier molecular flexibility index (Phi) is 4.51. The number of aliphatic hydroxyl groups is 1. The highest BCUT2D eigenvalue weighted by Crippen LogP contribution is 2.23. The Morgan fingerprint density at radius 3 is 2.52 bits per heavy atom. The maximum atomic E-state index is 9.95. The molecule has 1 heterocycles. The van der Waals surface area contributed by atoms with Crippen molar-refractivity contribution in [3.8, 4) is 0 Å². The molecule has 4 rings (SSSR count). The molecule has 2 N–H and O–H groups in total. The van der Waals surface area contributed by atoms with Crippen LogP contribution in [0.1, 0.15) is 11.1 Å². The van der Waals surface area contributed by atoms with Gasteiger partial charge >= 0.3 is 0 Å². The molecule has 0 fully saturated rings. The molecule has 3 heteroatoms. The summed E-state index contributed by atoms with van der Waals surface area (Å²) in [6.45, 7) is 0.493. The van der Waals surface area contributed by atoms with Crippen molar-refractivity contribution >= 4 is 10.8 Å². The molecule has 25 heavy (non-hydrogen) atoms. The second-order valence-electron chi connectivity index (χ2n) is 6.35. The van der Waals surface area contributed by atoms with Gasteiger partial charge in [-0.25, -0.2) is 0 Å². The third-order valence-electron chi connectivity index (χ3n) is 4.59. The normalized spacial score (nSPS) is 19.8. The zero-order valence-corrected chi connectivity index (χ0v) is 13.9.